The molecule has 0 unspecified atom stereocenters. The second kappa shape index (κ2) is 9.91. The van der Waals surface area contributed by atoms with Crippen LogP contribution in [0.3, 0.4) is 0 Å². The van der Waals surface area contributed by atoms with E-state index < -0.39 is 5.97 Å². The first kappa shape index (κ1) is 22.0. The highest BCUT2D eigenvalue weighted by molar-refractivity contribution is 5.97. The molecule has 4 aromatic rings. The van der Waals surface area contributed by atoms with E-state index in [1.807, 2.05) is 68.4 Å². The summed E-state index contributed by atoms with van der Waals surface area (Å²) in [6.45, 7) is 3.98. The molecule has 0 saturated heterocycles. The predicted octanol–water partition coefficient (Wildman–Crippen LogP) is 4.92. The largest absolute Gasteiger partial charge is 0.452 e. The van der Waals surface area contributed by atoms with Crippen molar-refractivity contribution < 1.29 is 18.7 Å². The minimum atomic E-state index is -0.579. The van der Waals surface area contributed by atoms with Crippen molar-refractivity contribution in [3.05, 3.63) is 90.0 Å². The molecule has 0 atom stereocenters. The Labute approximate surface area is 191 Å². The Hall–Kier alpha value is -4.26. The summed E-state index contributed by atoms with van der Waals surface area (Å²) in [4.78, 5) is 26.5. The van der Waals surface area contributed by atoms with Crippen LogP contribution in [0.1, 0.15) is 22.8 Å². The number of anilines is 1. The fraction of sp³-hybridized carbons (Fsp3) is 0.154. The number of carbonyl (C=O) groups is 2. The number of carbonyl (C=O) groups excluding carboxylic acids is 2. The van der Waals surface area contributed by atoms with E-state index in [0.29, 0.717) is 29.5 Å². The number of aromatic nitrogens is 2. The lowest BCUT2D eigenvalue weighted by Gasteiger charge is -2.20. The Morgan fingerprint density at radius 2 is 1.55 bits per heavy atom. The van der Waals surface area contributed by atoms with Crippen LogP contribution in [0.25, 0.3) is 22.9 Å². The van der Waals surface area contributed by atoms with E-state index in [4.69, 9.17) is 9.15 Å². The number of hydrogen-bond acceptors (Lipinski definition) is 6. The van der Waals surface area contributed by atoms with Crippen molar-refractivity contribution in [2.75, 3.05) is 18.1 Å². The molecule has 0 radical (unpaired) electrons. The lowest BCUT2D eigenvalue weighted by molar-refractivity contribution is -0.121. The van der Waals surface area contributed by atoms with Crippen molar-refractivity contribution in [3.8, 4) is 22.9 Å². The van der Waals surface area contributed by atoms with Gasteiger partial charge in [-0.3, -0.25) is 4.79 Å². The normalized spacial score (nSPS) is 10.6. The van der Waals surface area contributed by atoms with E-state index in [-0.39, 0.29) is 12.5 Å². The topological polar surface area (TPSA) is 85.5 Å². The lowest BCUT2D eigenvalue weighted by Crippen LogP contribution is -2.34. The van der Waals surface area contributed by atoms with Crippen molar-refractivity contribution in [1.29, 1.82) is 0 Å². The number of para-hydroxylation sites is 1. The molecular formula is C26H23N3O4. The molecule has 7 nitrogen and oxygen atoms in total. The molecule has 166 valence electrons. The number of amides is 1. The summed E-state index contributed by atoms with van der Waals surface area (Å²) in [5.41, 5.74) is 3.67. The van der Waals surface area contributed by atoms with Gasteiger partial charge >= 0.3 is 5.97 Å². The van der Waals surface area contributed by atoms with Crippen LogP contribution in [0.2, 0.25) is 0 Å². The lowest BCUT2D eigenvalue weighted by atomic mass is 10.1. The first-order chi connectivity index (χ1) is 16.1. The highest BCUT2D eigenvalue weighted by Crippen LogP contribution is 2.26. The standard InChI is InChI=1S/C26H23N3O4/c1-3-29(21-10-5-4-6-11-21)23(30)17-32-26(31)20-15-13-19(14-16-20)24-27-28-25(33-24)22-12-8-7-9-18(22)2/h4-16H,3,17H2,1-2H3. The van der Waals surface area contributed by atoms with E-state index in [1.54, 1.807) is 29.2 Å². The maximum Gasteiger partial charge on any atom is 0.338 e. The third-order valence-electron chi connectivity index (χ3n) is 5.18. The summed E-state index contributed by atoms with van der Waals surface area (Å²) in [5.74, 6) is -0.0813. The van der Waals surface area contributed by atoms with Gasteiger partial charge in [-0.15, -0.1) is 10.2 Å². The minimum absolute atomic E-state index is 0.289. The van der Waals surface area contributed by atoms with Gasteiger partial charge in [-0.05, 0) is 61.9 Å². The maximum atomic E-state index is 12.5. The van der Waals surface area contributed by atoms with Gasteiger partial charge in [0.25, 0.3) is 5.91 Å². The molecule has 33 heavy (non-hydrogen) atoms. The highest BCUT2D eigenvalue weighted by atomic mass is 16.5. The summed E-state index contributed by atoms with van der Waals surface area (Å²) in [7, 11) is 0. The average molecular weight is 441 g/mol. The van der Waals surface area contributed by atoms with Crippen LogP contribution in [-0.4, -0.2) is 35.2 Å². The van der Waals surface area contributed by atoms with Gasteiger partial charge in [-0.2, -0.15) is 0 Å². The Bertz CT molecular complexity index is 1250. The molecule has 0 aliphatic heterocycles. The van der Waals surface area contributed by atoms with E-state index in [1.165, 1.54) is 0 Å². The van der Waals surface area contributed by atoms with E-state index in [2.05, 4.69) is 10.2 Å². The summed E-state index contributed by atoms with van der Waals surface area (Å²) < 4.78 is 11.0. The van der Waals surface area contributed by atoms with Gasteiger partial charge in [0.15, 0.2) is 6.61 Å². The first-order valence-electron chi connectivity index (χ1n) is 10.6. The van der Waals surface area contributed by atoms with E-state index in [9.17, 15) is 9.59 Å². The van der Waals surface area contributed by atoms with Crippen molar-refractivity contribution in [1.82, 2.24) is 10.2 Å². The number of ether oxygens (including phenoxy) is 1. The Morgan fingerprint density at radius 1 is 0.879 bits per heavy atom. The molecule has 3 aromatic carbocycles. The van der Waals surface area contributed by atoms with Crippen molar-refractivity contribution in [3.63, 3.8) is 0 Å². The molecule has 0 bridgehead atoms. The van der Waals surface area contributed by atoms with Crippen molar-refractivity contribution >= 4 is 17.6 Å². The maximum absolute atomic E-state index is 12.5. The molecule has 1 heterocycles. The van der Waals surface area contributed by atoms with Crippen molar-refractivity contribution in [2.24, 2.45) is 0 Å². The van der Waals surface area contributed by atoms with Crippen LogP contribution in [0.4, 0.5) is 5.69 Å². The quantitative estimate of drug-likeness (QED) is 0.378. The third kappa shape index (κ3) is 4.98. The molecule has 4 rings (SSSR count). The zero-order chi connectivity index (χ0) is 23.2. The molecule has 0 fully saturated rings. The Morgan fingerprint density at radius 3 is 2.24 bits per heavy atom. The average Bonchev–Trinajstić information content (AvgIpc) is 3.34. The second-order valence-electron chi connectivity index (χ2n) is 7.35. The fourth-order valence-electron chi connectivity index (χ4n) is 3.41. The molecule has 0 aliphatic carbocycles. The highest BCUT2D eigenvalue weighted by Gasteiger charge is 2.17. The van der Waals surface area contributed by atoms with Crippen LogP contribution < -0.4 is 4.90 Å². The van der Waals surface area contributed by atoms with E-state index >= 15 is 0 Å². The number of rotatable bonds is 7. The number of benzene rings is 3. The van der Waals surface area contributed by atoms with Crippen LogP contribution in [0.5, 0.6) is 0 Å². The smallest absolute Gasteiger partial charge is 0.338 e. The summed E-state index contributed by atoms with van der Waals surface area (Å²) in [5, 5.41) is 8.24. The number of esters is 1. The monoisotopic (exact) mass is 441 g/mol. The molecule has 0 aliphatic rings. The van der Waals surface area contributed by atoms with Gasteiger partial charge in [0.2, 0.25) is 11.8 Å². The summed E-state index contributed by atoms with van der Waals surface area (Å²) >= 11 is 0. The number of nitrogens with zero attached hydrogens (tertiary/aromatic N) is 3. The Balaban J connectivity index is 1.40. The number of hydrogen-bond donors (Lipinski definition) is 0. The van der Waals surface area contributed by atoms with Crippen LogP contribution in [-0.2, 0) is 9.53 Å². The molecule has 0 N–H and O–H groups in total. The molecular weight excluding hydrogens is 418 g/mol. The number of aryl methyl sites for hydroxylation is 1. The number of likely N-dealkylation sites (N-methyl/N-ethyl adjacent to an activating group) is 1. The van der Waals surface area contributed by atoms with Gasteiger partial charge in [0, 0.05) is 23.4 Å². The molecule has 7 heteroatoms. The van der Waals surface area contributed by atoms with Gasteiger partial charge in [-0.25, -0.2) is 4.79 Å². The Kier molecular flexibility index (Phi) is 6.59. The fourth-order valence-corrected chi connectivity index (χ4v) is 3.41. The summed E-state index contributed by atoms with van der Waals surface area (Å²) in [6, 6.07) is 23.6. The summed E-state index contributed by atoms with van der Waals surface area (Å²) in [6.07, 6.45) is 0. The van der Waals surface area contributed by atoms with Gasteiger partial charge in [0.1, 0.15) is 0 Å². The van der Waals surface area contributed by atoms with Gasteiger partial charge < -0.3 is 14.1 Å². The predicted molar refractivity (Wildman–Crippen MR) is 125 cm³/mol. The van der Waals surface area contributed by atoms with Gasteiger partial charge in [-0.1, -0.05) is 36.4 Å². The molecule has 1 amide bonds. The zero-order valence-corrected chi connectivity index (χ0v) is 18.4. The molecule has 0 spiro atoms. The molecule has 1 aromatic heterocycles. The third-order valence-corrected chi connectivity index (χ3v) is 5.18. The van der Waals surface area contributed by atoms with E-state index in [0.717, 1.165) is 16.8 Å². The minimum Gasteiger partial charge on any atom is -0.452 e. The van der Waals surface area contributed by atoms with Gasteiger partial charge in [0.05, 0.1) is 5.56 Å². The van der Waals surface area contributed by atoms with Crippen molar-refractivity contribution in [2.45, 2.75) is 13.8 Å². The molecule has 0 saturated carbocycles. The second-order valence-corrected chi connectivity index (χ2v) is 7.35. The zero-order valence-electron chi connectivity index (χ0n) is 18.4. The van der Waals surface area contributed by atoms with Crippen LogP contribution in [0.15, 0.2) is 83.3 Å². The van der Waals surface area contributed by atoms with Crippen LogP contribution in [0, 0.1) is 6.92 Å². The first-order valence-corrected chi connectivity index (χ1v) is 10.6. The van der Waals surface area contributed by atoms with Crippen LogP contribution >= 0.6 is 0 Å². The SMILES string of the molecule is CCN(C(=O)COC(=O)c1ccc(-c2nnc(-c3ccccc3C)o2)cc1)c1ccccc1.